The fraction of sp³-hybridized carbons (Fsp3) is 0.367. The largest absolute Gasteiger partial charge is 0.502 e. The second-order valence-corrected chi connectivity index (χ2v) is 10.5. The van der Waals surface area contributed by atoms with Crippen molar-refractivity contribution < 1.29 is 24.1 Å². The molecule has 0 saturated heterocycles. The van der Waals surface area contributed by atoms with Crippen LogP contribution in [0.25, 0.3) is 6.08 Å². The molecule has 1 aliphatic heterocycles. The summed E-state index contributed by atoms with van der Waals surface area (Å²) < 4.78 is 18.0. The Labute approximate surface area is 231 Å². The van der Waals surface area contributed by atoms with E-state index in [1.54, 1.807) is 29.7 Å². The van der Waals surface area contributed by atoms with E-state index in [-0.39, 0.29) is 29.4 Å². The standard InChI is InChI=1S/C30H34N2O6S/c1-7-9-21-25(29(35)38-8-2)26(20-12-10-19(11-13-20)17(3)4)32-28(34)24(39-30(32)31-21)16-18-14-22(36-5)27(33)23(15-18)37-6/h10-17,26,33H,7-9H2,1-6H3/b24-16+/t26-/m0/s1. The Morgan fingerprint density at radius 1 is 1.13 bits per heavy atom. The first kappa shape index (κ1) is 28.2. The Morgan fingerprint density at radius 2 is 1.77 bits per heavy atom. The number of ether oxygens (including phenoxy) is 3. The van der Waals surface area contributed by atoms with Crippen LogP contribution in [0.15, 0.2) is 57.5 Å². The number of esters is 1. The monoisotopic (exact) mass is 550 g/mol. The Kier molecular flexibility index (Phi) is 8.60. The number of aromatic hydroxyl groups is 1. The molecular weight excluding hydrogens is 516 g/mol. The number of carbonyl (C=O) groups is 1. The number of nitrogens with zero attached hydrogens (tertiary/aromatic N) is 2. The highest BCUT2D eigenvalue weighted by Crippen LogP contribution is 2.37. The summed E-state index contributed by atoms with van der Waals surface area (Å²) in [5, 5.41) is 10.3. The Bertz CT molecular complexity index is 1560. The van der Waals surface area contributed by atoms with Crippen LogP contribution in [0.1, 0.15) is 69.2 Å². The van der Waals surface area contributed by atoms with Crippen molar-refractivity contribution in [2.75, 3.05) is 20.8 Å². The van der Waals surface area contributed by atoms with Gasteiger partial charge in [0.15, 0.2) is 16.3 Å². The average molecular weight is 551 g/mol. The predicted molar refractivity (Wildman–Crippen MR) is 151 cm³/mol. The summed E-state index contributed by atoms with van der Waals surface area (Å²) in [5.74, 6) is 0.213. The number of fused-ring (bicyclic) bond motifs is 1. The molecule has 9 heteroatoms. The topological polar surface area (TPSA) is 99.4 Å². The molecule has 0 amide bonds. The lowest BCUT2D eigenvalue weighted by atomic mass is 9.92. The van der Waals surface area contributed by atoms with Crippen molar-refractivity contribution >= 4 is 23.4 Å². The summed E-state index contributed by atoms with van der Waals surface area (Å²) in [6, 6.07) is 10.6. The summed E-state index contributed by atoms with van der Waals surface area (Å²) in [6.07, 6.45) is 3.06. The molecule has 2 heterocycles. The molecule has 2 aromatic carbocycles. The van der Waals surface area contributed by atoms with E-state index in [1.165, 1.54) is 25.6 Å². The van der Waals surface area contributed by atoms with Gasteiger partial charge in [0.05, 0.1) is 42.7 Å². The van der Waals surface area contributed by atoms with Gasteiger partial charge in [0, 0.05) is 0 Å². The molecule has 1 aromatic heterocycles. The summed E-state index contributed by atoms with van der Waals surface area (Å²) in [4.78, 5) is 32.6. The fourth-order valence-electron chi connectivity index (χ4n) is 4.65. The number of phenolic OH excluding ortho intramolecular Hbond substituents is 1. The zero-order valence-electron chi connectivity index (χ0n) is 23.1. The van der Waals surface area contributed by atoms with Crippen LogP contribution < -0.4 is 24.4 Å². The minimum atomic E-state index is -0.672. The van der Waals surface area contributed by atoms with Gasteiger partial charge in [-0.05, 0) is 54.2 Å². The third kappa shape index (κ3) is 5.49. The fourth-order valence-corrected chi connectivity index (χ4v) is 5.67. The van der Waals surface area contributed by atoms with Crippen molar-refractivity contribution in [1.82, 2.24) is 4.57 Å². The van der Waals surface area contributed by atoms with Gasteiger partial charge in [-0.2, -0.15) is 0 Å². The highest BCUT2D eigenvalue weighted by atomic mass is 32.1. The second-order valence-electron chi connectivity index (χ2n) is 9.51. The lowest BCUT2D eigenvalue weighted by molar-refractivity contribution is -0.139. The van der Waals surface area contributed by atoms with E-state index in [4.69, 9.17) is 19.2 Å². The molecule has 0 unspecified atom stereocenters. The van der Waals surface area contributed by atoms with Crippen molar-refractivity contribution in [3.05, 3.63) is 84.0 Å². The third-order valence-corrected chi connectivity index (χ3v) is 7.59. The van der Waals surface area contributed by atoms with Gasteiger partial charge in [-0.25, -0.2) is 9.79 Å². The van der Waals surface area contributed by atoms with Gasteiger partial charge in [-0.1, -0.05) is 62.8 Å². The number of phenols is 1. The van der Waals surface area contributed by atoms with Crippen LogP contribution in [0.5, 0.6) is 17.2 Å². The normalized spacial score (nSPS) is 15.3. The summed E-state index contributed by atoms with van der Waals surface area (Å²) in [5.41, 5.74) is 3.34. The summed E-state index contributed by atoms with van der Waals surface area (Å²) in [6.45, 7) is 8.25. The highest BCUT2D eigenvalue weighted by Gasteiger charge is 2.34. The zero-order valence-corrected chi connectivity index (χ0v) is 23.9. The number of methoxy groups -OCH3 is 2. The molecule has 0 radical (unpaired) electrons. The molecule has 39 heavy (non-hydrogen) atoms. The minimum absolute atomic E-state index is 0.119. The molecular formula is C30H34N2O6S. The molecule has 0 saturated carbocycles. The molecule has 1 atom stereocenters. The summed E-state index contributed by atoms with van der Waals surface area (Å²) >= 11 is 1.25. The van der Waals surface area contributed by atoms with Crippen LogP contribution in [-0.2, 0) is 9.53 Å². The molecule has 0 spiro atoms. The van der Waals surface area contributed by atoms with Gasteiger partial charge in [0.1, 0.15) is 0 Å². The maximum Gasteiger partial charge on any atom is 0.338 e. The predicted octanol–water partition coefficient (Wildman–Crippen LogP) is 4.42. The highest BCUT2D eigenvalue weighted by molar-refractivity contribution is 7.07. The number of aromatic nitrogens is 1. The maximum absolute atomic E-state index is 13.9. The quantitative estimate of drug-likeness (QED) is 0.396. The van der Waals surface area contributed by atoms with Gasteiger partial charge in [-0.3, -0.25) is 9.36 Å². The first-order chi connectivity index (χ1) is 18.7. The van der Waals surface area contributed by atoms with Gasteiger partial charge in [-0.15, -0.1) is 0 Å². The van der Waals surface area contributed by atoms with Crippen molar-refractivity contribution in [2.24, 2.45) is 4.99 Å². The number of thiazole rings is 1. The molecule has 8 nitrogen and oxygen atoms in total. The van der Waals surface area contributed by atoms with E-state index in [2.05, 4.69) is 13.8 Å². The van der Waals surface area contributed by atoms with Gasteiger partial charge < -0.3 is 19.3 Å². The van der Waals surface area contributed by atoms with Gasteiger partial charge in [0.25, 0.3) is 5.56 Å². The van der Waals surface area contributed by atoms with Crippen molar-refractivity contribution in [3.63, 3.8) is 0 Å². The Balaban J connectivity index is 1.98. The van der Waals surface area contributed by atoms with E-state index in [9.17, 15) is 14.7 Å². The Hall–Kier alpha value is -3.85. The van der Waals surface area contributed by atoms with Crippen LogP contribution >= 0.6 is 11.3 Å². The van der Waals surface area contributed by atoms with Crippen LogP contribution in [0.4, 0.5) is 0 Å². The zero-order chi connectivity index (χ0) is 28.3. The lowest BCUT2D eigenvalue weighted by Gasteiger charge is -2.26. The SMILES string of the molecule is CCCC1=C(C(=O)OCC)[C@H](c2ccc(C(C)C)cc2)n2c(s/c(=C/c3cc(OC)c(O)c(OC)c3)c2=O)=N1. The van der Waals surface area contributed by atoms with Crippen molar-refractivity contribution in [2.45, 2.75) is 52.5 Å². The van der Waals surface area contributed by atoms with Gasteiger partial charge in [0.2, 0.25) is 5.75 Å². The molecule has 206 valence electrons. The van der Waals surface area contributed by atoms with Crippen LogP contribution in [0.3, 0.4) is 0 Å². The van der Waals surface area contributed by atoms with E-state index < -0.39 is 12.0 Å². The van der Waals surface area contributed by atoms with E-state index >= 15 is 0 Å². The van der Waals surface area contributed by atoms with E-state index in [0.717, 1.165) is 17.5 Å². The smallest absolute Gasteiger partial charge is 0.338 e. The second kappa shape index (κ2) is 11.9. The molecule has 1 N–H and O–H groups in total. The number of allylic oxidation sites excluding steroid dienone is 1. The molecule has 0 bridgehead atoms. The minimum Gasteiger partial charge on any atom is -0.502 e. The van der Waals surface area contributed by atoms with Crippen molar-refractivity contribution in [1.29, 1.82) is 0 Å². The Morgan fingerprint density at radius 3 is 2.31 bits per heavy atom. The first-order valence-corrected chi connectivity index (χ1v) is 13.8. The number of hydrogen-bond donors (Lipinski definition) is 1. The van der Waals surface area contributed by atoms with Crippen LogP contribution in [0, 0.1) is 0 Å². The molecule has 1 aliphatic rings. The third-order valence-electron chi connectivity index (χ3n) is 6.61. The van der Waals surface area contributed by atoms with E-state index in [1.807, 2.05) is 31.2 Å². The number of carbonyl (C=O) groups excluding carboxylic acids is 1. The van der Waals surface area contributed by atoms with Crippen molar-refractivity contribution in [3.8, 4) is 17.2 Å². The molecule has 0 aliphatic carbocycles. The molecule has 3 aromatic rings. The van der Waals surface area contributed by atoms with Gasteiger partial charge >= 0.3 is 5.97 Å². The average Bonchev–Trinajstić information content (AvgIpc) is 3.23. The number of hydrogen-bond acceptors (Lipinski definition) is 8. The van der Waals surface area contributed by atoms with Crippen LogP contribution in [-0.4, -0.2) is 36.5 Å². The first-order valence-electron chi connectivity index (χ1n) is 13.0. The maximum atomic E-state index is 13.9. The van der Waals surface area contributed by atoms with E-state index in [0.29, 0.717) is 38.5 Å². The number of benzene rings is 2. The lowest BCUT2D eigenvalue weighted by Crippen LogP contribution is -2.40. The van der Waals surface area contributed by atoms with Crippen LogP contribution in [0.2, 0.25) is 0 Å². The molecule has 0 fully saturated rings. The molecule has 4 rings (SSSR count). The summed E-state index contributed by atoms with van der Waals surface area (Å²) in [7, 11) is 2.89. The number of rotatable bonds is 9.